The lowest BCUT2D eigenvalue weighted by atomic mass is 9.72. The molecule has 1 aliphatic carbocycles. The third-order valence-electron chi connectivity index (χ3n) is 4.70. The SMILES string of the molecule is CNCc1cc(C(O)(c2ccccc2)C2CCCCC2)on1. The molecule has 1 aromatic carbocycles. The van der Waals surface area contributed by atoms with Crippen molar-refractivity contribution in [1.29, 1.82) is 0 Å². The van der Waals surface area contributed by atoms with Crippen LogP contribution in [-0.4, -0.2) is 17.3 Å². The summed E-state index contributed by atoms with van der Waals surface area (Å²) in [6.07, 6.45) is 5.62. The number of hydrogen-bond acceptors (Lipinski definition) is 4. The Morgan fingerprint density at radius 2 is 1.95 bits per heavy atom. The Morgan fingerprint density at radius 3 is 2.64 bits per heavy atom. The Kier molecular flexibility index (Phi) is 4.60. The van der Waals surface area contributed by atoms with E-state index in [2.05, 4.69) is 10.5 Å². The van der Waals surface area contributed by atoms with Crippen molar-refractivity contribution in [3.8, 4) is 0 Å². The van der Waals surface area contributed by atoms with Crippen LogP contribution in [0, 0.1) is 5.92 Å². The minimum atomic E-state index is -1.08. The molecular formula is C18H24N2O2. The van der Waals surface area contributed by atoms with Crippen molar-refractivity contribution in [1.82, 2.24) is 10.5 Å². The second-order valence-electron chi connectivity index (χ2n) is 6.18. The highest BCUT2D eigenvalue weighted by Gasteiger charge is 2.43. The maximum atomic E-state index is 11.6. The van der Waals surface area contributed by atoms with Gasteiger partial charge in [-0.15, -0.1) is 0 Å². The van der Waals surface area contributed by atoms with Crippen LogP contribution in [0.25, 0.3) is 0 Å². The summed E-state index contributed by atoms with van der Waals surface area (Å²) in [5.74, 6) is 0.745. The zero-order valence-corrected chi connectivity index (χ0v) is 13.1. The number of aromatic nitrogens is 1. The smallest absolute Gasteiger partial charge is 0.173 e. The Morgan fingerprint density at radius 1 is 1.23 bits per heavy atom. The van der Waals surface area contributed by atoms with Gasteiger partial charge in [-0.05, 0) is 31.4 Å². The van der Waals surface area contributed by atoms with Crippen LogP contribution in [0.5, 0.6) is 0 Å². The van der Waals surface area contributed by atoms with E-state index < -0.39 is 5.60 Å². The van der Waals surface area contributed by atoms with Crippen molar-refractivity contribution in [3.63, 3.8) is 0 Å². The van der Waals surface area contributed by atoms with Crippen LogP contribution in [0.1, 0.15) is 49.1 Å². The zero-order chi connectivity index (χ0) is 15.4. The summed E-state index contributed by atoms with van der Waals surface area (Å²) in [6, 6.07) is 11.8. The molecular weight excluding hydrogens is 276 g/mol. The van der Waals surface area contributed by atoms with Crippen molar-refractivity contribution in [3.05, 3.63) is 53.4 Å². The Bertz CT molecular complexity index is 590. The molecule has 1 aliphatic rings. The van der Waals surface area contributed by atoms with Crippen LogP contribution >= 0.6 is 0 Å². The van der Waals surface area contributed by atoms with E-state index in [-0.39, 0.29) is 5.92 Å². The second-order valence-corrected chi connectivity index (χ2v) is 6.18. The quantitative estimate of drug-likeness (QED) is 0.890. The van der Waals surface area contributed by atoms with E-state index in [1.807, 2.05) is 43.4 Å². The Balaban J connectivity index is 2.01. The molecule has 4 nitrogen and oxygen atoms in total. The lowest BCUT2D eigenvalue weighted by Crippen LogP contribution is -2.37. The topological polar surface area (TPSA) is 58.3 Å². The second kappa shape index (κ2) is 6.63. The Labute approximate surface area is 131 Å². The number of nitrogens with zero attached hydrogens (tertiary/aromatic N) is 1. The summed E-state index contributed by atoms with van der Waals surface area (Å²) in [4.78, 5) is 0. The van der Waals surface area contributed by atoms with E-state index >= 15 is 0 Å². The molecule has 4 heteroatoms. The first kappa shape index (κ1) is 15.3. The molecule has 0 saturated heterocycles. The number of benzene rings is 1. The predicted octanol–water partition coefficient (Wildman–Crippen LogP) is 3.21. The van der Waals surface area contributed by atoms with E-state index in [1.54, 1.807) is 0 Å². The van der Waals surface area contributed by atoms with E-state index in [0.29, 0.717) is 12.3 Å². The van der Waals surface area contributed by atoms with E-state index in [9.17, 15) is 5.11 Å². The van der Waals surface area contributed by atoms with Crippen LogP contribution in [0.4, 0.5) is 0 Å². The van der Waals surface area contributed by atoms with Gasteiger partial charge < -0.3 is 14.9 Å². The summed E-state index contributed by atoms with van der Waals surface area (Å²) in [5.41, 5.74) is 0.637. The molecule has 1 unspecified atom stereocenters. The molecule has 3 rings (SSSR count). The van der Waals surface area contributed by atoms with Crippen LogP contribution < -0.4 is 5.32 Å². The molecule has 0 bridgehead atoms. The molecule has 2 aromatic rings. The highest BCUT2D eigenvalue weighted by Crippen LogP contribution is 2.44. The van der Waals surface area contributed by atoms with Crippen molar-refractivity contribution < 1.29 is 9.63 Å². The highest BCUT2D eigenvalue weighted by atomic mass is 16.5. The molecule has 1 heterocycles. The largest absolute Gasteiger partial charge is 0.377 e. The first-order valence-corrected chi connectivity index (χ1v) is 8.13. The zero-order valence-electron chi connectivity index (χ0n) is 13.1. The predicted molar refractivity (Wildman–Crippen MR) is 85.3 cm³/mol. The first-order chi connectivity index (χ1) is 10.7. The molecule has 118 valence electrons. The maximum Gasteiger partial charge on any atom is 0.173 e. The van der Waals surface area contributed by atoms with Gasteiger partial charge >= 0.3 is 0 Å². The molecule has 1 saturated carbocycles. The third-order valence-corrected chi connectivity index (χ3v) is 4.70. The normalized spacial score (nSPS) is 19.0. The van der Waals surface area contributed by atoms with Gasteiger partial charge in [-0.25, -0.2) is 0 Å². The molecule has 2 N–H and O–H groups in total. The van der Waals surface area contributed by atoms with Gasteiger partial charge in [0.2, 0.25) is 0 Å². The maximum absolute atomic E-state index is 11.6. The summed E-state index contributed by atoms with van der Waals surface area (Å²) < 4.78 is 5.55. The van der Waals surface area contributed by atoms with Gasteiger partial charge in [-0.3, -0.25) is 0 Å². The van der Waals surface area contributed by atoms with Crippen LogP contribution in [0.3, 0.4) is 0 Å². The summed E-state index contributed by atoms with van der Waals surface area (Å²) in [6.45, 7) is 0.638. The van der Waals surface area contributed by atoms with Gasteiger partial charge in [0, 0.05) is 12.6 Å². The molecule has 0 aliphatic heterocycles. The van der Waals surface area contributed by atoms with Crippen molar-refractivity contribution >= 4 is 0 Å². The Hall–Kier alpha value is -1.65. The molecule has 0 radical (unpaired) electrons. The summed E-state index contributed by atoms with van der Waals surface area (Å²) >= 11 is 0. The number of aliphatic hydroxyl groups is 1. The first-order valence-electron chi connectivity index (χ1n) is 8.13. The number of nitrogens with one attached hydrogen (secondary N) is 1. The molecule has 1 aromatic heterocycles. The average molecular weight is 300 g/mol. The molecule has 1 atom stereocenters. The standard InChI is InChI=1S/C18H24N2O2/c1-19-13-16-12-17(22-20-16)18(21,14-8-4-2-5-9-14)15-10-6-3-7-11-15/h2,4-5,8-9,12,15,19,21H,3,6-7,10-11,13H2,1H3. The number of hydrogen-bond donors (Lipinski definition) is 2. The third kappa shape index (κ3) is 2.81. The van der Waals surface area contributed by atoms with Crippen molar-refractivity contribution in [2.75, 3.05) is 7.05 Å². The molecule has 22 heavy (non-hydrogen) atoms. The fraction of sp³-hybridized carbons (Fsp3) is 0.500. The number of rotatable bonds is 5. The summed E-state index contributed by atoms with van der Waals surface area (Å²) in [7, 11) is 1.87. The van der Waals surface area contributed by atoms with E-state index in [4.69, 9.17) is 4.52 Å². The molecule has 1 fully saturated rings. The van der Waals surface area contributed by atoms with Gasteiger partial charge in [0.05, 0.1) is 5.69 Å². The van der Waals surface area contributed by atoms with Crippen LogP contribution in [0.15, 0.2) is 40.9 Å². The van der Waals surface area contributed by atoms with Gasteiger partial charge in [-0.1, -0.05) is 54.8 Å². The van der Waals surface area contributed by atoms with Crippen molar-refractivity contribution in [2.45, 2.75) is 44.2 Å². The average Bonchev–Trinajstić information content (AvgIpc) is 3.05. The highest BCUT2D eigenvalue weighted by molar-refractivity contribution is 5.32. The van der Waals surface area contributed by atoms with E-state index in [1.165, 1.54) is 6.42 Å². The molecule has 0 spiro atoms. The van der Waals surface area contributed by atoms with E-state index in [0.717, 1.165) is 36.9 Å². The fourth-order valence-corrected chi connectivity index (χ4v) is 3.55. The van der Waals surface area contributed by atoms with Crippen molar-refractivity contribution in [2.24, 2.45) is 5.92 Å². The van der Waals surface area contributed by atoms with Crippen LogP contribution in [-0.2, 0) is 12.1 Å². The lowest BCUT2D eigenvalue weighted by Gasteiger charge is -2.37. The van der Waals surface area contributed by atoms with Gasteiger partial charge in [0.15, 0.2) is 11.4 Å². The summed E-state index contributed by atoms with van der Waals surface area (Å²) in [5, 5.41) is 18.8. The minimum absolute atomic E-state index is 0.180. The van der Waals surface area contributed by atoms with Crippen LogP contribution in [0.2, 0.25) is 0 Å². The monoisotopic (exact) mass is 300 g/mol. The minimum Gasteiger partial charge on any atom is -0.377 e. The van der Waals surface area contributed by atoms with Gasteiger partial charge in [0.1, 0.15) is 0 Å². The van der Waals surface area contributed by atoms with Gasteiger partial charge in [0.25, 0.3) is 0 Å². The van der Waals surface area contributed by atoms with Gasteiger partial charge in [-0.2, -0.15) is 0 Å². The molecule has 0 amide bonds. The fourth-order valence-electron chi connectivity index (χ4n) is 3.55. The lowest BCUT2D eigenvalue weighted by molar-refractivity contribution is -0.0227.